The standard InChI is InChI=1S/C20H25N5O2/c1-4-16-5-7-17(8-6-16)23-20(27)18-13-19(22-14(2)21-18)25-11-9-24(10-12-25)15(3)26/h5-8,13H,4,9-12H2,1-3H3,(H,23,27). The summed E-state index contributed by atoms with van der Waals surface area (Å²) < 4.78 is 0. The zero-order valence-corrected chi connectivity index (χ0v) is 16.0. The third kappa shape index (κ3) is 4.61. The second kappa shape index (κ2) is 8.16. The lowest BCUT2D eigenvalue weighted by molar-refractivity contribution is -0.129. The summed E-state index contributed by atoms with van der Waals surface area (Å²) >= 11 is 0. The van der Waals surface area contributed by atoms with Crippen LogP contribution in [0, 0.1) is 6.92 Å². The van der Waals surface area contributed by atoms with Gasteiger partial charge in [0.2, 0.25) is 5.91 Å². The Labute approximate surface area is 159 Å². The summed E-state index contributed by atoms with van der Waals surface area (Å²) in [6, 6.07) is 9.51. The third-order valence-corrected chi connectivity index (χ3v) is 4.73. The molecular weight excluding hydrogens is 342 g/mol. The third-order valence-electron chi connectivity index (χ3n) is 4.73. The fourth-order valence-electron chi connectivity index (χ4n) is 3.10. The van der Waals surface area contributed by atoms with Gasteiger partial charge in [-0.2, -0.15) is 0 Å². The summed E-state index contributed by atoms with van der Waals surface area (Å²) in [5, 5.41) is 2.89. The fourth-order valence-corrected chi connectivity index (χ4v) is 3.10. The largest absolute Gasteiger partial charge is 0.353 e. The van der Waals surface area contributed by atoms with Crippen molar-refractivity contribution in [1.29, 1.82) is 0 Å². The Morgan fingerprint density at radius 1 is 1.07 bits per heavy atom. The van der Waals surface area contributed by atoms with E-state index < -0.39 is 0 Å². The van der Waals surface area contributed by atoms with Crippen molar-refractivity contribution in [1.82, 2.24) is 14.9 Å². The van der Waals surface area contributed by atoms with Gasteiger partial charge in [-0.25, -0.2) is 9.97 Å². The van der Waals surface area contributed by atoms with Gasteiger partial charge in [0.1, 0.15) is 17.3 Å². The SMILES string of the molecule is CCc1ccc(NC(=O)c2cc(N3CCN(C(C)=O)CC3)nc(C)n2)cc1. The number of piperazine rings is 1. The average Bonchev–Trinajstić information content (AvgIpc) is 2.68. The van der Waals surface area contributed by atoms with Crippen molar-refractivity contribution in [3.05, 3.63) is 47.4 Å². The van der Waals surface area contributed by atoms with E-state index >= 15 is 0 Å². The van der Waals surface area contributed by atoms with Crippen molar-refractivity contribution in [3.63, 3.8) is 0 Å². The van der Waals surface area contributed by atoms with E-state index in [1.807, 2.05) is 29.2 Å². The van der Waals surface area contributed by atoms with E-state index in [0.29, 0.717) is 37.7 Å². The van der Waals surface area contributed by atoms with Crippen LogP contribution in [0.5, 0.6) is 0 Å². The molecule has 1 aromatic carbocycles. The highest BCUT2D eigenvalue weighted by Gasteiger charge is 2.21. The number of aromatic nitrogens is 2. The van der Waals surface area contributed by atoms with Gasteiger partial charge in [-0.3, -0.25) is 9.59 Å². The molecule has 1 N–H and O–H groups in total. The molecule has 0 saturated carbocycles. The van der Waals surface area contributed by atoms with Crippen LogP contribution in [0.15, 0.2) is 30.3 Å². The number of amides is 2. The molecular formula is C20H25N5O2. The molecule has 2 heterocycles. The molecule has 1 fully saturated rings. The van der Waals surface area contributed by atoms with Crippen LogP contribution >= 0.6 is 0 Å². The van der Waals surface area contributed by atoms with Gasteiger partial charge in [-0.05, 0) is 31.0 Å². The molecule has 27 heavy (non-hydrogen) atoms. The van der Waals surface area contributed by atoms with E-state index in [-0.39, 0.29) is 11.8 Å². The molecule has 0 spiro atoms. The van der Waals surface area contributed by atoms with Crippen LogP contribution in [0.3, 0.4) is 0 Å². The molecule has 142 valence electrons. The van der Waals surface area contributed by atoms with Crippen LogP contribution in [0.25, 0.3) is 0 Å². The molecule has 0 unspecified atom stereocenters. The number of benzene rings is 1. The predicted octanol–water partition coefficient (Wildman–Crippen LogP) is 2.27. The van der Waals surface area contributed by atoms with Crippen molar-refractivity contribution in [3.8, 4) is 0 Å². The Kier molecular flexibility index (Phi) is 5.69. The summed E-state index contributed by atoms with van der Waals surface area (Å²) in [6.07, 6.45) is 0.958. The molecule has 1 aliphatic heterocycles. The first-order valence-corrected chi connectivity index (χ1v) is 9.22. The van der Waals surface area contributed by atoms with Crippen molar-refractivity contribution in [2.75, 3.05) is 36.4 Å². The zero-order valence-electron chi connectivity index (χ0n) is 16.0. The van der Waals surface area contributed by atoms with E-state index in [0.717, 1.165) is 17.9 Å². The number of anilines is 2. The highest BCUT2D eigenvalue weighted by molar-refractivity contribution is 6.03. The van der Waals surface area contributed by atoms with Crippen LogP contribution < -0.4 is 10.2 Å². The van der Waals surface area contributed by atoms with Gasteiger partial charge < -0.3 is 15.1 Å². The van der Waals surface area contributed by atoms with E-state index in [2.05, 4.69) is 27.1 Å². The van der Waals surface area contributed by atoms with Crippen molar-refractivity contribution in [2.24, 2.45) is 0 Å². The Morgan fingerprint density at radius 2 is 1.74 bits per heavy atom. The quantitative estimate of drug-likeness (QED) is 0.897. The summed E-state index contributed by atoms with van der Waals surface area (Å²) in [7, 11) is 0. The molecule has 7 heteroatoms. The summed E-state index contributed by atoms with van der Waals surface area (Å²) in [4.78, 5) is 36.8. The molecule has 7 nitrogen and oxygen atoms in total. The van der Waals surface area contributed by atoms with Gasteiger partial charge >= 0.3 is 0 Å². The Hall–Kier alpha value is -2.96. The van der Waals surface area contributed by atoms with Crippen LogP contribution in [0.4, 0.5) is 11.5 Å². The summed E-state index contributed by atoms with van der Waals surface area (Å²) in [6.45, 7) is 8.15. The minimum Gasteiger partial charge on any atom is -0.353 e. The van der Waals surface area contributed by atoms with E-state index in [1.54, 1.807) is 19.9 Å². The second-order valence-corrected chi connectivity index (χ2v) is 6.66. The summed E-state index contributed by atoms with van der Waals surface area (Å²) in [5.74, 6) is 1.10. The van der Waals surface area contributed by atoms with E-state index in [4.69, 9.17) is 0 Å². The normalized spacial score (nSPS) is 14.2. The van der Waals surface area contributed by atoms with Gasteiger partial charge in [0.15, 0.2) is 0 Å². The van der Waals surface area contributed by atoms with Gasteiger partial charge in [0.05, 0.1) is 0 Å². The topological polar surface area (TPSA) is 78.4 Å². The van der Waals surface area contributed by atoms with Gasteiger partial charge in [-0.15, -0.1) is 0 Å². The average molecular weight is 367 g/mol. The first kappa shape index (κ1) is 18.8. The maximum Gasteiger partial charge on any atom is 0.274 e. The molecule has 0 atom stereocenters. The lowest BCUT2D eigenvalue weighted by Crippen LogP contribution is -2.48. The highest BCUT2D eigenvalue weighted by atomic mass is 16.2. The minimum absolute atomic E-state index is 0.0858. The van der Waals surface area contributed by atoms with Gasteiger partial charge in [0, 0.05) is 44.9 Å². The Balaban J connectivity index is 1.72. The maximum atomic E-state index is 12.6. The Morgan fingerprint density at radius 3 is 2.33 bits per heavy atom. The summed E-state index contributed by atoms with van der Waals surface area (Å²) in [5.41, 5.74) is 2.30. The molecule has 1 aliphatic rings. The second-order valence-electron chi connectivity index (χ2n) is 6.66. The Bertz CT molecular complexity index is 827. The van der Waals surface area contributed by atoms with E-state index in [9.17, 15) is 9.59 Å². The predicted molar refractivity (Wildman–Crippen MR) is 105 cm³/mol. The number of hydrogen-bond donors (Lipinski definition) is 1. The number of carbonyl (C=O) groups is 2. The van der Waals surface area contributed by atoms with Crippen molar-refractivity contribution >= 4 is 23.3 Å². The van der Waals surface area contributed by atoms with E-state index in [1.165, 1.54) is 5.56 Å². The minimum atomic E-state index is -0.256. The molecule has 0 bridgehead atoms. The molecule has 1 aromatic heterocycles. The van der Waals surface area contributed by atoms with Crippen LogP contribution in [0.1, 0.15) is 35.7 Å². The molecule has 3 rings (SSSR count). The van der Waals surface area contributed by atoms with Gasteiger partial charge in [-0.1, -0.05) is 19.1 Å². The van der Waals surface area contributed by atoms with Gasteiger partial charge in [0.25, 0.3) is 5.91 Å². The number of nitrogens with one attached hydrogen (secondary N) is 1. The number of hydrogen-bond acceptors (Lipinski definition) is 5. The van der Waals surface area contributed by atoms with Crippen LogP contribution in [-0.4, -0.2) is 52.9 Å². The first-order chi connectivity index (χ1) is 13.0. The number of carbonyl (C=O) groups excluding carboxylic acids is 2. The maximum absolute atomic E-state index is 12.6. The van der Waals surface area contributed by atoms with Crippen LogP contribution in [-0.2, 0) is 11.2 Å². The lowest BCUT2D eigenvalue weighted by atomic mass is 10.1. The molecule has 0 radical (unpaired) electrons. The monoisotopic (exact) mass is 367 g/mol. The number of rotatable bonds is 4. The fraction of sp³-hybridized carbons (Fsp3) is 0.400. The molecule has 0 aliphatic carbocycles. The lowest BCUT2D eigenvalue weighted by Gasteiger charge is -2.35. The molecule has 2 aromatic rings. The van der Waals surface area contributed by atoms with Crippen molar-refractivity contribution < 1.29 is 9.59 Å². The highest BCUT2D eigenvalue weighted by Crippen LogP contribution is 2.17. The molecule has 1 saturated heterocycles. The molecule has 2 amide bonds. The first-order valence-electron chi connectivity index (χ1n) is 9.22. The van der Waals surface area contributed by atoms with Crippen LogP contribution in [0.2, 0.25) is 0 Å². The zero-order chi connectivity index (χ0) is 19.4. The van der Waals surface area contributed by atoms with Crippen molar-refractivity contribution in [2.45, 2.75) is 27.2 Å². The smallest absolute Gasteiger partial charge is 0.274 e. The number of aryl methyl sites for hydroxylation is 2. The number of nitrogens with zero attached hydrogens (tertiary/aromatic N) is 4.